The van der Waals surface area contributed by atoms with E-state index in [0.717, 1.165) is 22.6 Å². The molecule has 0 amide bonds. The van der Waals surface area contributed by atoms with Crippen molar-refractivity contribution in [3.05, 3.63) is 98.6 Å². The Hall–Kier alpha value is -3.58. The number of nitro benzene ring substituents is 1. The van der Waals surface area contributed by atoms with Crippen LogP contribution in [0.2, 0.25) is 5.02 Å². The summed E-state index contributed by atoms with van der Waals surface area (Å²) in [5, 5.41) is 18.7. The molecule has 0 spiro atoms. The van der Waals surface area contributed by atoms with Crippen molar-refractivity contribution in [1.29, 1.82) is 0 Å². The molecule has 3 aromatic rings. The van der Waals surface area contributed by atoms with Crippen molar-refractivity contribution < 1.29 is 14.4 Å². The van der Waals surface area contributed by atoms with Gasteiger partial charge in [-0.05, 0) is 55.0 Å². The second-order valence-corrected chi connectivity index (χ2v) is 8.04. The van der Waals surface area contributed by atoms with E-state index in [0.29, 0.717) is 29.4 Å². The maximum absolute atomic E-state index is 11.3. The van der Waals surface area contributed by atoms with Gasteiger partial charge >= 0.3 is 0 Å². The molecule has 162 valence electrons. The van der Waals surface area contributed by atoms with Crippen LogP contribution < -0.4 is 9.47 Å². The molecule has 5 rings (SSSR count). The summed E-state index contributed by atoms with van der Waals surface area (Å²) < 4.78 is 11.8. The Morgan fingerprint density at radius 3 is 2.75 bits per heavy atom. The molecule has 0 fully saturated rings. The fourth-order valence-corrected chi connectivity index (χ4v) is 4.34. The minimum Gasteiger partial charge on any atom is -0.494 e. The van der Waals surface area contributed by atoms with Gasteiger partial charge in [0.15, 0.2) is 0 Å². The number of nitro groups is 1. The van der Waals surface area contributed by atoms with E-state index in [1.807, 2.05) is 54.4 Å². The van der Waals surface area contributed by atoms with Crippen LogP contribution in [0.3, 0.4) is 0 Å². The summed E-state index contributed by atoms with van der Waals surface area (Å²) in [4.78, 5) is 10.9. The summed E-state index contributed by atoms with van der Waals surface area (Å²) in [5.41, 5.74) is 3.53. The number of rotatable bonds is 5. The monoisotopic (exact) mass is 449 g/mol. The lowest BCUT2D eigenvalue weighted by atomic mass is 9.96. The van der Waals surface area contributed by atoms with E-state index in [1.165, 1.54) is 12.1 Å². The van der Waals surface area contributed by atoms with Crippen LogP contribution >= 0.6 is 11.6 Å². The summed E-state index contributed by atoms with van der Waals surface area (Å²) in [6.45, 7) is 2.56. The van der Waals surface area contributed by atoms with Crippen LogP contribution in [0.25, 0.3) is 0 Å². The Morgan fingerprint density at radius 2 is 2.00 bits per heavy atom. The average molecular weight is 450 g/mol. The lowest BCUT2D eigenvalue weighted by Gasteiger charge is -2.38. The molecule has 0 bridgehead atoms. The van der Waals surface area contributed by atoms with Crippen LogP contribution in [0.5, 0.6) is 11.5 Å². The second-order valence-electron chi connectivity index (χ2n) is 7.61. The van der Waals surface area contributed by atoms with Crippen molar-refractivity contribution >= 4 is 23.0 Å². The number of fused-ring (bicyclic) bond motifs is 3. The molecule has 0 aromatic heterocycles. The standard InChI is InChI=1S/C24H20ClN3O4/c1-2-31-19-9-6-15(7-10-19)21-14-22-20-13-17(25)8-11-23(20)32-24(27(22)26-21)16-4-3-5-18(12-16)28(29)30/h3-13,22,24H,2,14H2,1H3. The zero-order chi connectivity index (χ0) is 22.2. The third kappa shape index (κ3) is 3.65. The lowest BCUT2D eigenvalue weighted by Crippen LogP contribution is -2.33. The van der Waals surface area contributed by atoms with Gasteiger partial charge in [-0.15, -0.1) is 0 Å². The molecular weight excluding hydrogens is 430 g/mol. The fraction of sp³-hybridized carbons (Fsp3) is 0.208. The van der Waals surface area contributed by atoms with Crippen LogP contribution in [0.15, 0.2) is 71.8 Å². The molecule has 3 aromatic carbocycles. The van der Waals surface area contributed by atoms with E-state index >= 15 is 0 Å². The predicted octanol–water partition coefficient (Wildman–Crippen LogP) is 5.89. The third-order valence-electron chi connectivity index (χ3n) is 5.62. The van der Waals surface area contributed by atoms with Crippen LogP contribution in [0.4, 0.5) is 5.69 Å². The number of halogens is 1. The third-order valence-corrected chi connectivity index (χ3v) is 5.85. The van der Waals surface area contributed by atoms with Crippen LogP contribution in [-0.4, -0.2) is 22.3 Å². The van der Waals surface area contributed by atoms with E-state index in [9.17, 15) is 10.1 Å². The molecule has 2 aliphatic heterocycles. The Bertz CT molecular complexity index is 1210. The largest absolute Gasteiger partial charge is 0.494 e. The first-order valence-electron chi connectivity index (χ1n) is 10.3. The average Bonchev–Trinajstić information content (AvgIpc) is 3.25. The summed E-state index contributed by atoms with van der Waals surface area (Å²) in [6, 6.07) is 19.8. The molecule has 2 unspecified atom stereocenters. The number of benzene rings is 3. The minimum absolute atomic E-state index is 0.0134. The SMILES string of the molecule is CCOc1ccc(C2=NN3C(C2)c2cc(Cl)ccc2OC3c2cccc([N+](=O)[O-])c2)cc1. The van der Waals surface area contributed by atoms with Gasteiger partial charge in [0.1, 0.15) is 11.5 Å². The smallest absolute Gasteiger partial charge is 0.269 e. The zero-order valence-corrected chi connectivity index (χ0v) is 18.0. The summed E-state index contributed by atoms with van der Waals surface area (Å²) in [5.74, 6) is 1.51. The number of ether oxygens (including phenoxy) is 2. The van der Waals surface area contributed by atoms with E-state index in [4.69, 9.17) is 26.2 Å². The Balaban J connectivity index is 1.56. The summed E-state index contributed by atoms with van der Waals surface area (Å²) in [6.07, 6.45) is 0.0737. The highest BCUT2D eigenvalue weighted by molar-refractivity contribution is 6.30. The molecule has 2 heterocycles. The van der Waals surface area contributed by atoms with Crippen molar-refractivity contribution in [3.63, 3.8) is 0 Å². The Labute approximate surface area is 190 Å². The van der Waals surface area contributed by atoms with Crippen LogP contribution in [0.1, 0.15) is 42.3 Å². The van der Waals surface area contributed by atoms with Crippen LogP contribution in [-0.2, 0) is 0 Å². The van der Waals surface area contributed by atoms with E-state index in [1.54, 1.807) is 12.1 Å². The van der Waals surface area contributed by atoms with E-state index < -0.39 is 11.2 Å². The van der Waals surface area contributed by atoms with E-state index in [-0.39, 0.29) is 11.7 Å². The number of non-ortho nitro benzene ring substituents is 1. The summed E-state index contributed by atoms with van der Waals surface area (Å²) >= 11 is 6.28. The van der Waals surface area contributed by atoms with Gasteiger partial charge in [-0.2, -0.15) is 5.10 Å². The molecule has 7 nitrogen and oxygen atoms in total. The van der Waals surface area contributed by atoms with Gasteiger partial charge in [0, 0.05) is 34.7 Å². The summed E-state index contributed by atoms with van der Waals surface area (Å²) in [7, 11) is 0. The first-order valence-corrected chi connectivity index (χ1v) is 10.7. The first-order chi connectivity index (χ1) is 15.5. The molecule has 32 heavy (non-hydrogen) atoms. The first kappa shape index (κ1) is 20.3. The molecule has 0 saturated carbocycles. The van der Waals surface area contributed by atoms with Crippen molar-refractivity contribution in [2.45, 2.75) is 25.6 Å². The number of nitrogens with zero attached hydrogens (tertiary/aromatic N) is 3. The predicted molar refractivity (Wildman–Crippen MR) is 121 cm³/mol. The van der Waals surface area contributed by atoms with Crippen molar-refractivity contribution in [2.75, 3.05) is 6.61 Å². The van der Waals surface area contributed by atoms with Gasteiger partial charge < -0.3 is 9.47 Å². The van der Waals surface area contributed by atoms with Crippen molar-refractivity contribution in [3.8, 4) is 11.5 Å². The molecule has 0 N–H and O–H groups in total. The van der Waals surface area contributed by atoms with Gasteiger partial charge in [0.25, 0.3) is 5.69 Å². The lowest BCUT2D eigenvalue weighted by molar-refractivity contribution is -0.385. The fourth-order valence-electron chi connectivity index (χ4n) is 4.15. The highest BCUT2D eigenvalue weighted by atomic mass is 35.5. The van der Waals surface area contributed by atoms with Crippen LogP contribution in [0, 0.1) is 10.1 Å². The Kier molecular flexibility index (Phi) is 5.19. The molecule has 0 aliphatic carbocycles. The van der Waals surface area contributed by atoms with Crippen molar-refractivity contribution in [2.24, 2.45) is 5.10 Å². The van der Waals surface area contributed by atoms with Crippen molar-refractivity contribution in [1.82, 2.24) is 5.01 Å². The van der Waals surface area contributed by atoms with Gasteiger partial charge in [-0.1, -0.05) is 23.7 Å². The molecule has 0 saturated heterocycles. The zero-order valence-electron chi connectivity index (χ0n) is 17.3. The maximum atomic E-state index is 11.3. The Morgan fingerprint density at radius 1 is 1.19 bits per heavy atom. The minimum atomic E-state index is -0.589. The second kappa shape index (κ2) is 8.16. The van der Waals surface area contributed by atoms with Gasteiger partial charge in [0.2, 0.25) is 6.23 Å². The molecule has 0 radical (unpaired) electrons. The van der Waals surface area contributed by atoms with Gasteiger partial charge in [-0.3, -0.25) is 10.1 Å². The maximum Gasteiger partial charge on any atom is 0.269 e. The normalized spacial score (nSPS) is 18.9. The molecule has 2 aliphatic rings. The number of hydrogen-bond acceptors (Lipinski definition) is 6. The molecule has 2 atom stereocenters. The molecule has 8 heteroatoms. The quantitative estimate of drug-likeness (QED) is 0.358. The van der Waals surface area contributed by atoms with E-state index in [2.05, 4.69) is 0 Å². The van der Waals surface area contributed by atoms with Gasteiger partial charge in [0.05, 0.1) is 23.3 Å². The van der Waals surface area contributed by atoms with Gasteiger partial charge in [-0.25, -0.2) is 5.01 Å². The highest BCUT2D eigenvalue weighted by Crippen LogP contribution is 2.48. The number of hydrazone groups is 1. The molecular formula is C24H20ClN3O4. The topological polar surface area (TPSA) is 77.2 Å². The number of hydrogen-bond donors (Lipinski definition) is 0. The highest BCUT2D eigenvalue weighted by Gasteiger charge is 2.41.